The normalized spacial score (nSPS) is 10.9. The number of nitrogens with zero attached hydrogens (tertiary/aromatic N) is 3. The number of para-hydroxylation sites is 2. The minimum Gasteiger partial charge on any atom is -0.493 e. The summed E-state index contributed by atoms with van der Waals surface area (Å²) in [5, 5.41) is 21.5. The SMILES string of the molecule is COc1ccccc1OCCOc1ccc(/C=C(/C#N)C(=O)Nc2nnc(-c3ccccc3C)s2)cc1OC. The molecule has 0 aliphatic heterocycles. The fraction of sp³-hybridized carbons (Fsp3) is 0.172. The number of hydrogen-bond acceptors (Lipinski definition) is 9. The van der Waals surface area contributed by atoms with Gasteiger partial charge in [0, 0.05) is 5.56 Å². The zero-order valence-electron chi connectivity index (χ0n) is 21.6. The number of amides is 1. The van der Waals surface area contributed by atoms with E-state index < -0.39 is 5.91 Å². The van der Waals surface area contributed by atoms with Crippen LogP contribution in [0.5, 0.6) is 23.0 Å². The minimum absolute atomic E-state index is 0.0939. The molecule has 39 heavy (non-hydrogen) atoms. The largest absolute Gasteiger partial charge is 0.493 e. The lowest BCUT2D eigenvalue weighted by Gasteiger charge is -2.13. The fourth-order valence-electron chi connectivity index (χ4n) is 3.61. The summed E-state index contributed by atoms with van der Waals surface area (Å²) in [4.78, 5) is 12.8. The van der Waals surface area contributed by atoms with Gasteiger partial charge in [-0.25, -0.2) is 0 Å². The summed E-state index contributed by atoms with van der Waals surface area (Å²) in [6.45, 7) is 2.54. The molecule has 1 N–H and O–H groups in total. The molecule has 0 aliphatic rings. The molecule has 0 saturated carbocycles. The smallest absolute Gasteiger partial charge is 0.268 e. The first-order chi connectivity index (χ1) is 19.0. The van der Waals surface area contributed by atoms with Gasteiger partial charge in [-0.3, -0.25) is 10.1 Å². The quantitative estimate of drug-likeness (QED) is 0.149. The molecule has 0 saturated heterocycles. The molecule has 10 heteroatoms. The third kappa shape index (κ3) is 6.91. The number of nitriles is 1. The molecule has 1 amide bonds. The Morgan fingerprint density at radius 3 is 2.28 bits per heavy atom. The van der Waals surface area contributed by atoms with Crippen LogP contribution in [0.2, 0.25) is 0 Å². The van der Waals surface area contributed by atoms with Gasteiger partial charge in [0.1, 0.15) is 29.9 Å². The van der Waals surface area contributed by atoms with Crippen molar-refractivity contribution in [3.8, 4) is 39.6 Å². The number of nitrogens with one attached hydrogen (secondary N) is 1. The van der Waals surface area contributed by atoms with E-state index in [1.165, 1.54) is 24.5 Å². The van der Waals surface area contributed by atoms with Crippen LogP contribution in [0.4, 0.5) is 5.13 Å². The summed E-state index contributed by atoms with van der Waals surface area (Å²) >= 11 is 1.24. The lowest BCUT2D eigenvalue weighted by molar-refractivity contribution is -0.112. The summed E-state index contributed by atoms with van der Waals surface area (Å²) in [6, 6.07) is 22.2. The van der Waals surface area contributed by atoms with Crippen LogP contribution in [0, 0.1) is 18.3 Å². The van der Waals surface area contributed by atoms with Gasteiger partial charge < -0.3 is 18.9 Å². The number of benzene rings is 3. The van der Waals surface area contributed by atoms with Crippen molar-refractivity contribution in [1.29, 1.82) is 5.26 Å². The van der Waals surface area contributed by atoms with Crippen molar-refractivity contribution < 1.29 is 23.7 Å². The van der Waals surface area contributed by atoms with E-state index in [4.69, 9.17) is 18.9 Å². The van der Waals surface area contributed by atoms with Gasteiger partial charge in [0.15, 0.2) is 23.0 Å². The van der Waals surface area contributed by atoms with Crippen molar-refractivity contribution in [3.63, 3.8) is 0 Å². The van der Waals surface area contributed by atoms with Crippen LogP contribution >= 0.6 is 11.3 Å². The first-order valence-corrected chi connectivity index (χ1v) is 12.7. The molecule has 0 fully saturated rings. The molecule has 0 bridgehead atoms. The van der Waals surface area contributed by atoms with E-state index in [9.17, 15) is 10.1 Å². The molecule has 0 spiro atoms. The van der Waals surface area contributed by atoms with Crippen molar-refractivity contribution >= 4 is 28.5 Å². The number of anilines is 1. The first kappa shape index (κ1) is 27.2. The van der Waals surface area contributed by atoms with Crippen LogP contribution in [0.15, 0.2) is 72.3 Å². The predicted molar refractivity (Wildman–Crippen MR) is 149 cm³/mol. The van der Waals surface area contributed by atoms with Crippen molar-refractivity contribution in [3.05, 3.63) is 83.4 Å². The van der Waals surface area contributed by atoms with Crippen LogP contribution < -0.4 is 24.3 Å². The number of carbonyl (C=O) groups excluding carboxylic acids is 1. The minimum atomic E-state index is -0.585. The zero-order chi connectivity index (χ0) is 27.6. The molecule has 1 heterocycles. The molecule has 4 rings (SSSR count). The highest BCUT2D eigenvalue weighted by Gasteiger charge is 2.15. The summed E-state index contributed by atoms with van der Waals surface area (Å²) in [7, 11) is 3.10. The number of hydrogen-bond donors (Lipinski definition) is 1. The Morgan fingerprint density at radius 2 is 1.59 bits per heavy atom. The molecule has 3 aromatic carbocycles. The Balaban J connectivity index is 1.39. The van der Waals surface area contributed by atoms with Crippen LogP contribution in [0.1, 0.15) is 11.1 Å². The van der Waals surface area contributed by atoms with E-state index >= 15 is 0 Å². The summed E-state index contributed by atoms with van der Waals surface area (Å²) < 4.78 is 22.3. The number of methoxy groups -OCH3 is 2. The maximum atomic E-state index is 12.8. The number of ether oxygens (including phenoxy) is 4. The summed E-state index contributed by atoms with van der Waals surface area (Å²) in [6.07, 6.45) is 1.47. The summed E-state index contributed by atoms with van der Waals surface area (Å²) in [5.41, 5.74) is 2.49. The molecule has 0 atom stereocenters. The van der Waals surface area contributed by atoms with Gasteiger partial charge in [-0.1, -0.05) is 53.8 Å². The highest BCUT2D eigenvalue weighted by atomic mass is 32.1. The Hall–Kier alpha value is -4.88. The Bertz CT molecular complexity index is 1530. The van der Waals surface area contributed by atoms with Gasteiger partial charge in [-0.15, -0.1) is 10.2 Å². The van der Waals surface area contributed by atoms with Crippen LogP contribution in [0.25, 0.3) is 16.6 Å². The number of aromatic nitrogens is 2. The average molecular weight is 543 g/mol. The molecular formula is C29H26N4O5S. The predicted octanol–water partition coefficient (Wildman–Crippen LogP) is 5.53. The third-order valence-corrected chi connectivity index (χ3v) is 6.42. The zero-order valence-corrected chi connectivity index (χ0v) is 22.5. The molecule has 0 unspecified atom stereocenters. The second-order valence-electron chi connectivity index (χ2n) is 8.11. The van der Waals surface area contributed by atoms with Crippen molar-refractivity contribution in [2.45, 2.75) is 6.92 Å². The van der Waals surface area contributed by atoms with Crippen LogP contribution in [-0.4, -0.2) is 43.5 Å². The second kappa shape index (κ2) is 13.1. The first-order valence-electron chi connectivity index (χ1n) is 11.9. The van der Waals surface area contributed by atoms with Crippen molar-refractivity contribution in [2.75, 3.05) is 32.8 Å². The van der Waals surface area contributed by atoms with E-state index in [-0.39, 0.29) is 12.2 Å². The van der Waals surface area contributed by atoms with E-state index in [0.717, 1.165) is 11.1 Å². The van der Waals surface area contributed by atoms with Gasteiger partial charge in [-0.2, -0.15) is 5.26 Å². The maximum absolute atomic E-state index is 12.8. The average Bonchev–Trinajstić information content (AvgIpc) is 3.42. The Kier molecular flexibility index (Phi) is 9.11. The molecule has 0 aliphatic carbocycles. The molecule has 1 aromatic heterocycles. The number of rotatable bonds is 11. The molecule has 9 nitrogen and oxygen atoms in total. The molecule has 0 radical (unpaired) electrons. The van der Waals surface area contributed by atoms with Crippen molar-refractivity contribution in [2.24, 2.45) is 0 Å². The molecule has 4 aromatic rings. The number of carbonyl (C=O) groups is 1. The van der Waals surface area contributed by atoms with Crippen LogP contribution in [-0.2, 0) is 4.79 Å². The van der Waals surface area contributed by atoms with E-state index in [2.05, 4.69) is 15.5 Å². The topological polar surface area (TPSA) is 116 Å². The highest BCUT2D eigenvalue weighted by molar-refractivity contribution is 7.18. The maximum Gasteiger partial charge on any atom is 0.268 e. The van der Waals surface area contributed by atoms with Crippen LogP contribution in [0.3, 0.4) is 0 Å². The molecule has 198 valence electrons. The number of aryl methyl sites for hydroxylation is 1. The van der Waals surface area contributed by atoms with Gasteiger partial charge >= 0.3 is 0 Å². The summed E-state index contributed by atoms with van der Waals surface area (Å²) in [5.74, 6) is 1.63. The third-order valence-electron chi connectivity index (χ3n) is 5.55. The van der Waals surface area contributed by atoms with Gasteiger partial charge in [0.05, 0.1) is 14.2 Å². The Morgan fingerprint density at radius 1 is 0.923 bits per heavy atom. The van der Waals surface area contributed by atoms with E-state index in [1.807, 2.05) is 61.5 Å². The van der Waals surface area contributed by atoms with E-state index in [1.54, 1.807) is 25.3 Å². The molecular weight excluding hydrogens is 516 g/mol. The fourth-order valence-corrected chi connectivity index (χ4v) is 4.44. The van der Waals surface area contributed by atoms with Gasteiger partial charge in [0.2, 0.25) is 5.13 Å². The van der Waals surface area contributed by atoms with Gasteiger partial charge in [0.25, 0.3) is 5.91 Å². The van der Waals surface area contributed by atoms with Crippen molar-refractivity contribution in [1.82, 2.24) is 10.2 Å². The van der Waals surface area contributed by atoms with Gasteiger partial charge in [-0.05, 0) is 48.4 Å². The lowest BCUT2D eigenvalue weighted by atomic mass is 10.1. The second-order valence-corrected chi connectivity index (χ2v) is 9.09. The lowest BCUT2D eigenvalue weighted by Crippen LogP contribution is -2.13. The monoisotopic (exact) mass is 542 g/mol. The Labute approximate surface area is 230 Å². The standard InChI is InChI=1S/C29H26N4O5S/c1-19-8-4-5-9-22(19)28-32-33-29(39-28)31-27(34)21(18-30)16-20-12-13-25(26(17-20)36-3)38-15-14-37-24-11-7-6-10-23(24)35-2/h4-13,16-17H,14-15H2,1-3H3,(H,31,33,34)/b21-16-. The highest BCUT2D eigenvalue weighted by Crippen LogP contribution is 2.31. The van der Waals surface area contributed by atoms with E-state index in [0.29, 0.717) is 45.3 Å².